The van der Waals surface area contributed by atoms with E-state index in [-0.39, 0.29) is 25.9 Å². The third-order valence-corrected chi connectivity index (χ3v) is 14.4. The van der Waals surface area contributed by atoms with Crippen LogP contribution in [0, 0.1) is 0 Å². The first kappa shape index (κ1) is 79.6. The van der Waals surface area contributed by atoms with E-state index in [0.29, 0.717) is 19.3 Å². The fraction of sp³-hybridized carbons (Fsp3) is 0.627. The highest BCUT2D eigenvalue weighted by atomic mass is 16.7. The maximum absolute atomic E-state index is 13.2. The van der Waals surface area contributed by atoms with Crippen molar-refractivity contribution in [1.82, 2.24) is 0 Å². The van der Waals surface area contributed by atoms with Gasteiger partial charge >= 0.3 is 23.9 Å². The number of hydrogen-bond donors (Lipinski definition) is 3. The van der Waals surface area contributed by atoms with E-state index >= 15 is 0 Å². The van der Waals surface area contributed by atoms with Gasteiger partial charge in [0, 0.05) is 19.3 Å². The molecule has 1 rings (SSSR count). The van der Waals surface area contributed by atoms with Gasteiger partial charge in [-0.15, -0.1) is 0 Å². The van der Waals surface area contributed by atoms with Gasteiger partial charge in [-0.2, -0.15) is 0 Å². The fourth-order valence-corrected chi connectivity index (χ4v) is 9.23. The Morgan fingerprint density at radius 2 is 0.747 bits per heavy atom. The molecule has 1 aliphatic rings. The molecule has 0 amide bonds. The predicted molar refractivity (Wildman–Crippen MR) is 358 cm³/mol. The molecule has 0 radical (unpaired) electrons. The minimum Gasteiger partial charge on any atom is -0.479 e. The number of unbranched alkanes of at least 4 members (excludes halogenated alkanes) is 18. The van der Waals surface area contributed by atoms with Crippen LogP contribution in [-0.4, -0.2) is 89.2 Å². The molecular weight excluding hydrogens is 1090 g/mol. The molecule has 6 atom stereocenters. The molecule has 12 heteroatoms. The summed E-state index contributed by atoms with van der Waals surface area (Å²) in [6.45, 7) is 5.76. The number of aliphatic hydroxyl groups is 2. The van der Waals surface area contributed by atoms with Crippen molar-refractivity contribution in [2.75, 3.05) is 13.2 Å². The van der Waals surface area contributed by atoms with Crippen molar-refractivity contribution in [1.29, 1.82) is 0 Å². The van der Waals surface area contributed by atoms with Crippen molar-refractivity contribution in [2.45, 2.75) is 289 Å². The molecule has 1 aliphatic heterocycles. The number of carboxylic acids is 1. The lowest BCUT2D eigenvalue weighted by Gasteiger charge is -2.40. The molecule has 490 valence electrons. The molecule has 0 bridgehead atoms. The van der Waals surface area contributed by atoms with E-state index in [2.05, 4.69) is 154 Å². The fourth-order valence-electron chi connectivity index (χ4n) is 9.23. The number of ether oxygens (including phenoxy) is 5. The van der Waals surface area contributed by atoms with Gasteiger partial charge in [0.1, 0.15) is 18.8 Å². The molecule has 1 saturated heterocycles. The van der Waals surface area contributed by atoms with Gasteiger partial charge in [0.25, 0.3) is 0 Å². The van der Waals surface area contributed by atoms with Gasteiger partial charge in [0.05, 0.1) is 6.61 Å². The van der Waals surface area contributed by atoms with Gasteiger partial charge in [0.15, 0.2) is 24.6 Å². The second-order valence-electron chi connectivity index (χ2n) is 22.4. The minimum atomic E-state index is -1.93. The molecule has 1 heterocycles. The molecule has 12 nitrogen and oxygen atoms in total. The lowest BCUT2D eigenvalue weighted by Crippen LogP contribution is -2.61. The monoisotopic (exact) mass is 1210 g/mol. The Hall–Kier alpha value is -5.40. The first-order valence-electron chi connectivity index (χ1n) is 33.8. The molecule has 0 spiro atoms. The number of hydrogen-bond acceptors (Lipinski definition) is 11. The summed E-state index contributed by atoms with van der Waals surface area (Å²) >= 11 is 0. The number of aliphatic carboxylic acids is 1. The summed E-state index contributed by atoms with van der Waals surface area (Å²) in [5.41, 5.74) is 0. The number of rotatable bonds is 56. The van der Waals surface area contributed by atoms with Gasteiger partial charge in [-0.05, 0) is 135 Å². The highest BCUT2D eigenvalue weighted by molar-refractivity contribution is 5.74. The van der Waals surface area contributed by atoms with Crippen LogP contribution in [0.2, 0.25) is 0 Å². The molecule has 0 aromatic carbocycles. The lowest BCUT2D eigenvalue weighted by atomic mass is 9.98. The first-order valence-corrected chi connectivity index (χ1v) is 33.8. The van der Waals surface area contributed by atoms with E-state index in [1.54, 1.807) is 0 Å². The molecule has 87 heavy (non-hydrogen) atoms. The zero-order valence-electron chi connectivity index (χ0n) is 54.2. The van der Waals surface area contributed by atoms with Crippen LogP contribution in [0.25, 0.3) is 0 Å². The molecule has 6 unspecified atom stereocenters. The Labute approximate surface area is 527 Å². The van der Waals surface area contributed by atoms with E-state index in [1.165, 1.54) is 38.5 Å². The average Bonchev–Trinajstić information content (AvgIpc) is 2.56. The van der Waals surface area contributed by atoms with Gasteiger partial charge < -0.3 is 39.0 Å². The van der Waals surface area contributed by atoms with E-state index in [9.17, 15) is 34.5 Å². The summed E-state index contributed by atoms with van der Waals surface area (Å²) in [5, 5.41) is 31.6. The van der Waals surface area contributed by atoms with Crippen LogP contribution in [0.5, 0.6) is 0 Å². The smallest absolute Gasteiger partial charge is 0.335 e. The van der Waals surface area contributed by atoms with Crippen molar-refractivity contribution < 1.29 is 58.2 Å². The second kappa shape index (κ2) is 60.9. The predicted octanol–water partition coefficient (Wildman–Crippen LogP) is 18.7. The highest BCUT2D eigenvalue weighted by Gasteiger charge is 2.50. The van der Waals surface area contributed by atoms with Gasteiger partial charge in [-0.1, -0.05) is 244 Å². The van der Waals surface area contributed by atoms with Crippen LogP contribution >= 0.6 is 0 Å². The molecular formula is C75H118O12. The van der Waals surface area contributed by atoms with Crippen LogP contribution in [-0.2, 0) is 42.9 Å². The molecule has 0 aromatic rings. The highest BCUT2D eigenvalue weighted by Crippen LogP contribution is 2.26. The largest absolute Gasteiger partial charge is 0.479 e. The van der Waals surface area contributed by atoms with E-state index in [1.807, 2.05) is 12.2 Å². The number of carbonyl (C=O) groups is 4. The average molecular weight is 1210 g/mol. The summed E-state index contributed by atoms with van der Waals surface area (Å²) < 4.78 is 28.5. The number of aliphatic hydroxyl groups excluding tert-OH is 2. The van der Waals surface area contributed by atoms with Crippen LogP contribution in [0.4, 0.5) is 0 Å². The van der Waals surface area contributed by atoms with Gasteiger partial charge in [-0.25, -0.2) is 4.79 Å². The van der Waals surface area contributed by atoms with Gasteiger partial charge in [-0.3, -0.25) is 14.4 Å². The lowest BCUT2D eigenvalue weighted by molar-refractivity contribution is -0.301. The molecule has 3 N–H and O–H groups in total. The van der Waals surface area contributed by atoms with Crippen molar-refractivity contribution in [3.05, 3.63) is 146 Å². The summed E-state index contributed by atoms with van der Waals surface area (Å²) in [6.07, 6.45) is 75.2. The van der Waals surface area contributed by atoms with E-state index in [4.69, 9.17) is 23.7 Å². The Bertz CT molecular complexity index is 2070. The Morgan fingerprint density at radius 3 is 1.15 bits per heavy atom. The van der Waals surface area contributed by atoms with Crippen LogP contribution in [0.15, 0.2) is 146 Å². The Balaban J connectivity index is 2.73. The third kappa shape index (κ3) is 50.2. The summed E-state index contributed by atoms with van der Waals surface area (Å²) in [5.74, 6) is -3.28. The standard InChI is InChI=1S/C75H118O12/c1-4-7-10-13-16-19-22-25-28-31-34-37-40-43-46-49-52-55-58-61-67(76)83-64-66(85-68(77)62-59-56-53-50-47-44-41-38-35-32-29-26-23-20-17-14-11-8-5-2)65-84-75-73(71(80)70(79)72(87-75)74(81)82)86-69(78)63-60-57-54-51-48-45-42-39-36-33-30-27-24-21-18-15-12-9-6-3/h7,10,16-21,25-30,34-39,43,46,52,55,66,70-73,75,79-80H,4-6,8-9,11-15,22-24,31-33,40-42,44-45,47-51,53-54,56-65H2,1-3H3,(H,81,82)/b10-7-,19-16-,20-17-,21-18-,28-25-,29-26-,30-27-,37-34-,38-35-,39-36-,46-43-,55-52-. The Kier molecular flexibility index (Phi) is 55.7. The number of allylic oxidation sites excluding steroid dienone is 24. The maximum Gasteiger partial charge on any atom is 0.335 e. The minimum absolute atomic E-state index is 0.0291. The third-order valence-electron chi connectivity index (χ3n) is 14.4. The van der Waals surface area contributed by atoms with Crippen LogP contribution in [0.3, 0.4) is 0 Å². The first-order chi connectivity index (χ1) is 42.6. The zero-order valence-corrected chi connectivity index (χ0v) is 54.2. The maximum atomic E-state index is 13.2. The van der Waals surface area contributed by atoms with Crippen molar-refractivity contribution in [3.8, 4) is 0 Å². The number of carboxylic acid groups (broad SMARTS) is 1. The number of esters is 3. The topological polar surface area (TPSA) is 175 Å². The van der Waals surface area contributed by atoms with Gasteiger partial charge in [0.2, 0.25) is 0 Å². The van der Waals surface area contributed by atoms with Crippen molar-refractivity contribution in [3.63, 3.8) is 0 Å². The molecule has 0 saturated carbocycles. The van der Waals surface area contributed by atoms with Crippen molar-refractivity contribution in [2.24, 2.45) is 0 Å². The normalized spacial score (nSPS) is 18.3. The van der Waals surface area contributed by atoms with Crippen molar-refractivity contribution >= 4 is 23.9 Å². The summed E-state index contributed by atoms with van der Waals surface area (Å²) in [7, 11) is 0. The van der Waals surface area contributed by atoms with E-state index in [0.717, 1.165) is 154 Å². The number of carbonyl (C=O) groups excluding carboxylic acids is 3. The second-order valence-corrected chi connectivity index (χ2v) is 22.4. The van der Waals surface area contributed by atoms with E-state index < -0.39 is 67.3 Å². The van der Waals surface area contributed by atoms with Crippen LogP contribution < -0.4 is 0 Å². The SMILES string of the molecule is CC/C=C\C/C=C\C/C=C\C/C=C\C/C=C\C/C=C\CCC(=O)OCC(COC1OC(C(=O)O)C(O)C(O)C1OC(=O)CCCCCCCC/C=C\C/C=C\C/C=C\CCCCC)OC(=O)CCCCCCCC/C=C\C/C=C\C/C=C\CCCCC. The summed E-state index contributed by atoms with van der Waals surface area (Å²) in [6, 6.07) is 0. The quantitative estimate of drug-likeness (QED) is 0.0228. The van der Waals surface area contributed by atoms with Crippen LogP contribution in [0.1, 0.15) is 252 Å². The zero-order chi connectivity index (χ0) is 63.1. The summed E-state index contributed by atoms with van der Waals surface area (Å²) in [4.78, 5) is 51.4. The Morgan fingerprint density at radius 1 is 0.391 bits per heavy atom. The molecule has 1 fully saturated rings. The molecule has 0 aromatic heterocycles. The molecule has 0 aliphatic carbocycles.